The molecule has 2 saturated carbocycles. The summed E-state index contributed by atoms with van der Waals surface area (Å²) in [7, 11) is 1.78. The van der Waals surface area contributed by atoms with Crippen molar-refractivity contribution in [2.75, 3.05) is 30.5 Å². The largest absolute Gasteiger partial charge is 0.439 e. The molecule has 3 aromatic heterocycles. The summed E-state index contributed by atoms with van der Waals surface area (Å²) in [5.74, 6) is 3.61. The first-order valence-electron chi connectivity index (χ1n) is 14.9. The molecule has 0 aromatic carbocycles. The van der Waals surface area contributed by atoms with Gasteiger partial charge in [-0.15, -0.1) is 0 Å². The number of nitrogens with zero attached hydrogens (tertiary/aromatic N) is 6. The number of imidazole rings is 1. The van der Waals surface area contributed by atoms with Crippen LogP contribution in [0.4, 0.5) is 11.8 Å². The van der Waals surface area contributed by atoms with Gasteiger partial charge in [0.2, 0.25) is 17.6 Å². The molecular formula is C28H42N8O3. The highest BCUT2D eigenvalue weighted by molar-refractivity contribution is 5.87. The van der Waals surface area contributed by atoms with E-state index in [4.69, 9.17) is 24.2 Å². The Morgan fingerprint density at radius 3 is 2.59 bits per heavy atom. The number of piperidine rings is 1. The normalized spacial score (nSPS) is 25.1. The fourth-order valence-corrected chi connectivity index (χ4v) is 6.62. The second kappa shape index (κ2) is 11.3. The van der Waals surface area contributed by atoms with Gasteiger partial charge in [0.15, 0.2) is 11.5 Å². The Morgan fingerprint density at radius 2 is 1.90 bits per heavy atom. The van der Waals surface area contributed by atoms with Crippen LogP contribution in [-0.2, 0) is 11.3 Å². The summed E-state index contributed by atoms with van der Waals surface area (Å²) in [4.78, 5) is 31.7. The van der Waals surface area contributed by atoms with E-state index in [0.29, 0.717) is 29.9 Å². The standard InChI is InChI=1S/C28H42N8O3/c1-17-10-12-19(13-11-17)15-36-22-23(29-18(2)20-7-6-8-20)30-25(26-33-28(37)39-34-26)31-24(22)32-27(36)35-14-5-4-9-21(35)16-38-3/h17-21H,4-16H2,1-3H3,(H,29,30,31)(H,33,34,37). The average molecular weight is 539 g/mol. The zero-order valence-corrected chi connectivity index (χ0v) is 23.5. The molecule has 0 bridgehead atoms. The van der Waals surface area contributed by atoms with E-state index in [-0.39, 0.29) is 17.9 Å². The molecule has 0 amide bonds. The van der Waals surface area contributed by atoms with Crippen molar-refractivity contribution in [2.24, 2.45) is 17.8 Å². The third-order valence-electron chi connectivity index (χ3n) is 9.28. The molecule has 3 aliphatic rings. The molecular weight excluding hydrogens is 496 g/mol. The summed E-state index contributed by atoms with van der Waals surface area (Å²) in [5.41, 5.74) is 1.55. The smallest absolute Gasteiger partial charge is 0.383 e. The minimum absolute atomic E-state index is 0.217. The first-order valence-corrected chi connectivity index (χ1v) is 14.9. The predicted octanol–water partition coefficient (Wildman–Crippen LogP) is 4.60. The number of H-pyrrole nitrogens is 1. The van der Waals surface area contributed by atoms with Crippen LogP contribution in [0.2, 0.25) is 0 Å². The van der Waals surface area contributed by atoms with Gasteiger partial charge in [-0.2, -0.15) is 4.98 Å². The van der Waals surface area contributed by atoms with E-state index in [1.54, 1.807) is 7.11 Å². The maximum absolute atomic E-state index is 11.7. The Kier molecular flexibility index (Phi) is 7.59. The van der Waals surface area contributed by atoms with Gasteiger partial charge in [0.1, 0.15) is 5.52 Å². The van der Waals surface area contributed by atoms with Crippen molar-refractivity contribution in [3.63, 3.8) is 0 Å². The first-order chi connectivity index (χ1) is 19.0. The lowest BCUT2D eigenvalue weighted by molar-refractivity contribution is 0.165. The molecule has 0 radical (unpaired) electrons. The number of hydrogen-bond acceptors (Lipinski definition) is 9. The van der Waals surface area contributed by atoms with Gasteiger partial charge in [0.05, 0.1) is 12.6 Å². The fraction of sp³-hybridized carbons (Fsp3) is 0.750. The molecule has 11 heteroatoms. The lowest BCUT2D eigenvalue weighted by atomic mass is 9.80. The van der Waals surface area contributed by atoms with Crippen molar-refractivity contribution in [1.82, 2.24) is 29.7 Å². The van der Waals surface area contributed by atoms with Crippen molar-refractivity contribution in [2.45, 2.75) is 96.7 Å². The van der Waals surface area contributed by atoms with Crippen molar-refractivity contribution < 1.29 is 9.26 Å². The number of fused-ring (bicyclic) bond motifs is 1. The van der Waals surface area contributed by atoms with Gasteiger partial charge in [-0.05, 0) is 69.6 Å². The zero-order chi connectivity index (χ0) is 26.9. The maximum Gasteiger partial charge on any atom is 0.439 e. The van der Waals surface area contributed by atoms with Gasteiger partial charge >= 0.3 is 5.76 Å². The molecule has 1 saturated heterocycles. The molecule has 6 rings (SSSR count). The van der Waals surface area contributed by atoms with E-state index >= 15 is 0 Å². The molecule has 0 spiro atoms. The summed E-state index contributed by atoms with van der Waals surface area (Å²) in [6, 6.07) is 0.537. The molecule has 4 heterocycles. The fourth-order valence-electron chi connectivity index (χ4n) is 6.62. The lowest BCUT2D eigenvalue weighted by Gasteiger charge is -2.37. The third-order valence-corrected chi connectivity index (χ3v) is 9.28. The number of anilines is 2. The van der Waals surface area contributed by atoms with Crippen LogP contribution < -0.4 is 16.0 Å². The number of aromatic amines is 1. The molecule has 3 aromatic rings. The summed E-state index contributed by atoms with van der Waals surface area (Å²) in [6.07, 6.45) is 12.1. The SMILES string of the molecule is COCC1CCCCN1c1nc2nc(-c3noc(=O)[nH]3)nc(NC(C)C3CCC3)c2n1CC1CCC(C)CC1. The Balaban J connectivity index is 1.48. The molecule has 2 atom stereocenters. The first kappa shape index (κ1) is 26.3. The number of rotatable bonds is 9. The second-order valence-corrected chi connectivity index (χ2v) is 12.1. The minimum Gasteiger partial charge on any atom is -0.383 e. The van der Waals surface area contributed by atoms with Crippen molar-refractivity contribution >= 4 is 22.9 Å². The molecule has 1 aliphatic heterocycles. The maximum atomic E-state index is 11.7. The highest BCUT2D eigenvalue weighted by Crippen LogP contribution is 2.37. The van der Waals surface area contributed by atoms with Crippen LogP contribution in [0.25, 0.3) is 22.8 Å². The number of methoxy groups -OCH3 is 1. The molecule has 2 N–H and O–H groups in total. The van der Waals surface area contributed by atoms with E-state index in [9.17, 15) is 4.79 Å². The highest BCUT2D eigenvalue weighted by Gasteiger charge is 2.32. The predicted molar refractivity (Wildman–Crippen MR) is 150 cm³/mol. The molecule has 2 unspecified atom stereocenters. The molecule has 2 aliphatic carbocycles. The average Bonchev–Trinajstić information content (AvgIpc) is 3.48. The van der Waals surface area contributed by atoms with E-state index < -0.39 is 5.76 Å². The quantitative estimate of drug-likeness (QED) is 0.402. The van der Waals surface area contributed by atoms with Gasteiger partial charge in [0.25, 0.3) is 0 Å². The van der Waals surface area contributed by atoms with E-state index in [0.717, 1.165) is 49.1 Å². The zero-order valence-electron chi connectivity index (χ0n) is 23.5. The summed E-state index contributed by atoms with van der Waals surface area (Å²) >= 11 is 0. The topological polar surface area (TPSA) is 127 Å². The number of aromatic nitrogens is 6. The van der Waals surface area contributed by atoms with Crippen molar-refractivity contribution in [3.8, 4) is 11.6 Å². The van der Waals surface area contributed by atoms with Gasteiger partial charge in [-0.1, -0.05) is 31.3 Å². The van der Waals surface area contributed by atoms with Gasteiger partial charge in [-0.25, -0.2) is 14.8 Å². The Morgan fingerprint density at radius 1 is 1.08 bits per heavy atom. The van der Waals surface area contributed by atoms with Crippen LogP contribution in [0.5, 0.6) is 0 Å². The number of nitrogens with one attached hydrogen (secondary N) is 2. The Hall–Kier alpha value is -2.95. The van der Waals surface area contributed by atoms with Crippen LogP contribution in [-0.4, -0.2) is 62.0 Å². The number of hydrogen-bond donors (Lipinski definition) is 2. The molecule has 39 heavy (non-hydrogen) atoms. The van der Waals surface area contributed by atoms with Crippen LogP contribution in [0.15, 0.2) is 9.32 Å². The van der Waals surface area contributed by atoms with Gasteiger partial charge < -0.3 is 19.5 Å². The van der Waals surface area contributed by atoms with E-state index in [1.807, 2.05) is 0 Å². The van der Waals surface area contributed by atoms with Gasteiger partial charge in [0, 0.05) is 26.2 Å². The molecule has 212 valence electrons. The lowest BCUT2D eigenvalue weighted by Crippen LogP contribution is -2.44. The monoisotopic (exact) mass is 538 g/mol. The van der Waals surface area contributed by atoms with Crippen LogP contribution in [0.3, 0.4) is 0 Å². The van der Waals surface area contributed by atoms with Crippen LogP contribution >= 0.6 is 0 Å². The Labute approximate surface area is 229 Å². The van der Waals surface area contributed by atoms with Crippen molar-refractivity contribution in [3.05, 3.63) is 10.6 Å². The summed E-state index contributed by atoms with van der Waals surface area (Å²) in [6.45, 7) is 7.11. The van der Waals surface area contributed by atoms with Crippen LogP contribution in [0.1, 0.15) is 78.1 Å². The Bertz CT molecular complexity index is 1320. The van der Waals surface area contributed by atoms with Crippen LogP contribution in [0, 0.1) is 17.8 Å². The summed E-state index contributed by atoms with van der Waals surface area (Å²) < 4.78 is 12.8. The van der Waals surface area contributed by atoms with E-state index in [1.165, 1.54) is 51.4 Å². The molecule has 3 fully saturated rings. The number of ether oxygens (including phenoxy) is 1. The highest BCUT2D eigenvalue weighted by atomic mass is 16.5. The summed E-state index contributed by atoms with van der Waals surface area (Å²) in [5, 5.41) is 7.61. The third kappa shape index (κ3) is 5.42. The van der Waals surface area contributed by atoms with E-state index in [2.05, 4.69) is 38.8 Å². The van der Waals surface area contributed by atoms with Crippen molar-refractivity contribution in [1.29, 1.82) is 0 Å². The molecule has 11 nitrogen and oxygen atoms in total. The second-order valence-electron chi connectivity index (χ2n) is 12.1. The van der Waals surface area contributed by atoms with Gasteiger partial charge in [-0.3, -0.25) is 9.51 Å². The minimum atomic E-state index is -0.625.